The van der Waals surface area contributed by atoms with Crippen LogP contribution in [-0.2, 0) is 5.41 Å². The van der Waals surface area contributed by atoms with Gasteiger partial charge in [0.25, 0.3) is 0 Å². The number of nitrogens with one attached hydrogen (secondary N) is 1. The van der Waals surface area contributed by atoms with E-state index in [4.69, 9.17) is 0 Å². The van der Waals surface area contributed by atoms with Crippen LogP contribution < -0.4 is 5.32 Å². The lowest BCUT2D eigenvalue weighted by Crippen LogP contribution is -2.48. The molecule has 0 spiro atoms. The second-order valence-electron chi connectivity index (χ2n) is 6.26. The number of hydrogen-bond donors (Lipinski definition) is 1. The van der Waals surface area contributed by atoms with E-state index in [1.54, 1.807) is 0 Å². The molecular weight excluding hydrogens is 220 g/mol. The lowest BCUT2D eigenvalue weighted by molar-refractivity contribution is 0.144. The molecule has 2 aliphatic rings. The van der Waals surface area contributed by atoms with Crippen molar-refractivity contribution in [3.05, 3.63) is 35.4 Å². The van der Waals surface area contributed by atoms with E-state index in [9.17, 15) is 0 Å². The first kappa shape index (κ1) is 12.2. The normalized spacial score (nSPS) is 30.6. The minimum Gasteiger partial charge on any atom is -0.312 e. The van der Waals surface area contributed by atoms with Crippen molar-refractivity contribution in [1.82, 2.24) is 10.2 Å². The quantitative estimate of drug-likeness (QED) is 0.860. The Hall–Kier alpha value is -0.860. The van der Waals surface area contributed by atoms with Gasteiger partial charge in [0, 0.05) is 17.5 Å². The van der Waals surface area contributed by atoms with Gasteiger partial charge in [-0.2, -0.15) is 0 Å². The zero-order chi connectivity index (χ0) is 12.8. The molecule has 1 fully saturated rings. The second-order valence-corrected chi connectivity index (χ2v) is 6.26. The van der Waals surface area contributed by atoms with E-state index in [0.717, 1.165) is 0 Å². The predicted molar refractivity (Wildman–Crippen MR) is 75.9 cm³/mol. The van der Waals surface area contributed by atoms with Crippen molar-refractivity contribution in [3.8, 4) is 0 Å². The van der Waals surface area contributed by atoms with Crippen LogP contribution in [-0.4, -0.2) is 31.1 Å². The summed E-state index contributed by atoms with van der Waals surface area (Å²) in [5, 5.41) is 3.56. The second kappa shape index (κ2) is 4.36. The minimum absolute atomic E-state index is 0.245. The lowest BCUT2D eigenvalue weighted by atomic mass is 9.81. The summed E-state index contributed by atoms with van der Waals surface area (Å²) >= 11 is 0. The fourth-order valence-electron chi connectivity index (χ4n) is 4.10. The van der Waals surface area contributed by atoms with Crippen molar-refractivity contribution >= 4 is 0 Å². The average molecular weight is 244 g/mol. The molecule has 0 saturated carbocycles. The van der Waals surface area contributed by atoms with E-state index in [2.05, 4.69) is 55.4 Å². The van der Waals surface area contributed by atoms with Gasteiger partial charge in [0.2, 0.25) is 0 Å². The Morgan fingerprint density at radius 2 is 1.83 bits per heavy atom. The third-order valence-corrected chi connectivity index (χ3v) is 4.89. The molecular formula is C16H24N2. The van der Waals surface area contributed by atoms with Crippen LogP contribution in [0.4, 0.5) is 0 Å². The highest BCUT2D eigenvalue weighted by molar-refractivity contribution is 5.44. The molecule has 1 heterocycles. The first-order chi connectivity index (χ1) is 8.66. The molecule has 2 nitrogen and oxygen atoms in total. The van der Waals surface area contributed by atoms with Crippen LogP contribution in [0.1, 0.15) is 43.9 Å². The van der Waals surface area contributed by atoms with Gasteiger partial charge in [0.05, 0.1) is 0 Å². The topological polar surface area (TPSA) is 15.3 Å². The molecule has 98 valence electrons. The predicted octanol–water partition coefficient (Wildman–Crippen LogP) is 2.70. The molecule has 1 aromatic carbocycles. The Bertz CT molecular complexity index is 432. The Morgan fingerprint density at radius 1 is 1.17 bits per heavy atom. The molecule has 0 unspecified atom stereocenters. The molecule has 1 aliphatic heterocycles. The fourth-order valence-corrected chi connectivity index (χ4v) is 4.10. The van der Waals surface area contributed by atoms with Crippen LogP contribution in [0.25, 0.3) is 0 Å². The van der Waals surface area contributed by atoms with Gasteiger partial charge in [-0.25, -0.2) is 0 Å². The zero-order valence-corrected chi connectivity index (χ0v) is 11.7. The zero-order valence-electron chi connectivity index (χ0n) is 11.7. The Kier molecular flexibility index (Phi) is 2.95. The van der Waals surface area contributed by atoms with Gasteiger partial charge in [-0.1, -0.05) is 38.1 Å². The van der Waals surface area contributed by atoms with Crippen molar-refractivity contribution < 1.29 is 0 Å². The smallest absolute Gasteiger partial charge is 0.0487 e. The molecule has 1 N–H and O–H groups in total. The van der Waals surface area contributed by atoms with Gasteiger partial charge < -0.3 is 5.32 Å². The van der Waals surface area contributed by atoms with Crippen molar-refractivity contribution in [1.29, 1.82) is 0 Å². The molecule has 2 heteroatoms. The van der Waals surface area contributed by atoms with Crippen molar-refractivity contribution in [2.75, 3.05) is 20.1 Å². The fraction of sp³-hybridized carbons (Fsp3) is 0.625. The van der Waals surface area contributed by atoms with Crippen LogP contribution >= 0.6 is 0 Å². The third kappa shape index (κ3) is 1.63. The highest BCUT2D eigenvalue weighted by Gasteiger charge is 2.48. The van der Waals surface area contributed by atoms with Crippen molar-refractivity contribution in [3.63, 3.8) is 0 Å². The highest BCUT2D eigenvalue weighted by Crippen LogP contribution is 2.47. The van der Waals surface area contributed by atoms with Gasteiger partial charge in [-0.05, 0) is 44.1 Å². The summed E-state index contributed by atoms with van der Waals surface area (Å²) in [5.74, 6) is 0. The van der Waals surface area contributed by atoms with Crippen LogP contribution in [0.15, 0.2) is 24.3 Å². The standard InChI is InChI=1S/C16H24N2/c1-16(2)13-9-5-4-8-12(13)14(17-3)15(16)18-10-6-7-11-18/h4-5,8-9,14-15,17H,6-7,10-11H2,1-3H3/t14-,15+/m1/s1. The summed E-state index contributed by atoms with van der Waals surface area (Å²) in [4.78, 5) is 2.70. The van der Waals surface area contributed by atoms with E-state index >= 15 is 0 Å². The lowest BCUT2D eigenvalue weighted by Gasteiger charge is -2.38. The molecule has 0 bridgehead atoms. The monoisotopic (exact) mass is 244 g/mol. The molecule has 0 amide bonds. The number of hydrogen-bond acceptors (Lipinski definition) is 2. The van der Waals surface area contributed by atoms with Crippen LogP contribution in [0.5, 0.6) is 0 Å². The van der Waals surface area contributed by atoms with E-state index in [1.165, 1.54) is 37.1 Å². The molecule has 3 rings (SSSR count). The van der Waals surface area contributed by atoms with Crippen LogP contribution in [0.3, 0.4) is 0 Å². The first-order valence-corrected chi connectivity index (χ1v) is 7.17. The summed E-state index contributed by atoms with van der Waals surface area (Å²) < 4.78 is 0. The van der Waals surface area contributed by atoms with Gasteiger partial charge >= 0.3 is 0 Å². The Morgan fingerprint density at radius 3 is 2.50 bits per heavy atom. The SMILES string of the molecule is CN[C@@H]1c2ccccc2C(C)(C)[C@H]1N1CCCC1. The maximum Gasteiger partial charge on any atom is 0.0487 e. The number of rotatable bonds is 2. The van der Waals surface area contributed by atoms with E-state index in [-0.39, 0.29) is 5.41 Å². The van der Waals surface area contributed by atoms with Gasteiger partial charge in [0.1, 0.15) is 0 Å². The summed E-state index contributed by atoms with van der Waals surface area (Å²) in [5.41, 5.74) is 3.28. The number of benzene rings is 1. The summed E-state index contributed by atoms with van der Waals surface area (Å²) in [6.45, 7) is 7.35. The van der Waals surface area contributed by atoms with Gasteiger partial charge in [-0.15, -0.1) is 0 Å². The minimum atomic E-state index is 0.245. The van der Waals surface area contributed by atoms with Gasteiger partial charge in [-0.3, -0.25) is 4.90 Å². The maximum atomic E-state index is 3.56. The molecule has 2 atom stereocenters. The number of likely N-dealkylation sites (N-methyl/N-ethyl adjacent to an activating group) is 1. The van der Waals surface area contributed by atoms with Crippen LogP contribution in [0, 0.1) is 0 Å². The maximum absolute atomic E-state index is 3.56. The highest BCUT2D eigenvalue weighted by atomic mass is 15.2. The van der Waals surface area contributed by atoms with Crippen LogP contribution in [0.2, 0.25) is 0 Å². The molecule has 0 radical (unpaired) electrons. The van der Waals surface area contributed by atoms with Crippen molar-refractivity contribution in [2.24, 2.45) is 0 Å². The van der Waals surface area contributed by atoms with E-state index in [0.29, 0.717) is 12.1 Å². The molecule has 1 aliphatic carbocycles. The number of fused-ring (bicyclic) bond motifs is 1. The molecule has 18 heavy (non-hydrogen) atoms. The number of nitrogens with zero attached hydrogens (tertiary/aromatic N) is 1. The number of likely N-dealkylation sites (tertiary alicyclic amines) is 1. The summed E-state index contributed by atoms with van der Waals surface area (Å²) in [7, 11) is 2.10. The third-order valence-electron chi connectivity index (χ3n) is 4.89. The Balaban J connectivity index is 2.04. The summed E-state index contributed by atoms with van der Waals surface area (Å²) in [6, 6.07) is 10.0. The van der Waals surface area contributed by atoms with Gasteiger partial charge in [0.15, 0.2) is 0 Å². The van der Waals surface area contributed by atoms with Crippen molar-refractivity contribution in [2.45, 2.75) is 44.2 Å². The Labute approximate surface area is 110 Å². The largest absolute Gasteiger partial charge is 0.312 e. The average Bonchev–Trinajstić information content (AvgIpc) is 2.94. The summed E-state index contributed by atoms with van der Waals surface area (Å²) in [6.07, 6.45) is 2.72. The molecule has 1 aromatic rings. The molecule has 1 saturated heterocycles. The van der Waals surface area contributed by atoms with E-state index < -0.39 is 0 Å². The molecule has 0 aromatic heterocycles. The first-order valence-electron chi connectivity index (χ1n) is 7.17. The van der Waals surface area contributed by atoms with E-state index in [1.807, 2.05) is 0 Å².